The molecule has 2 atom stereocenters. The van der Waals surface area contributed by atoms with Crippen LogP contribution in [0.2, 0.25) is 0 Å². The Labute approximate surface area is 130 Å². The second-order valence-corrected chi connectivity index (χ2v) is 8.53. The molecule has 106 valence electrons. The fourth-order valence-electron chi connectivity index (χ4n) is 2.20. The Morgan fingerprint density at radius 3 is 2.68 bits per heavy atom. The molecule has 1 aliphatic carbocycles. The third-order valence-corrected chi connectivity index (χ3v) is 6.21. The molecule has 19 heavy (non-hydrogen) atoms. The van der Waals surface area contributed by atoms with Gasteiger partial charge < -0.3 is 0 Å². The zero-order chi connectivity index (χ0) is 13.9. The van der Waals surface area contributed by atoms with E-state index in [1.165, 1.54) is 12.6 Å². The van der Waals surface area contributed by atoms with Crippen molar-refractivity contribution >= 4 is 41.9 Å². The van der Waals surface area contributed by atoms with Crippen LogP contribution in [0.1, 0.15) is 32.1 Å². The third kappa shape index (κ3) is 4.24. The first-order valence-corrected chi connectivity index (χ1v) is 9.45. The summed E-state index contributed by atoms with van der Waals surface area (Å²) in [4.78, 5) is 4.30. The zero-order valence-corrected chi connectivity index (χ0v) is 14.3. The monoisotopic (exact) mass is 410 g/mol. The number of sulfonamides is 1. The highest BCUT2D eigenvalue weighted by Crippen LogP contribution is 2.25. The Morgan fingerprint density at radius 1 is 1.21 bits per heavy atom. The predicted octanol–water partition coefficient (Wildman–Crippen LogP) is 3.22. The van der Waals surface area contributed by atoms with Crippen LogP contribution in [0.3, 0.4) is 0 Å². The van der Waals surface area contributed by atoms with Crippen molar-refractivity contribution in [3.8, 4) is 0 Å². The lowest BCUT2D eigenvalue weighted by Crippen LogP contribution is -2.40. The molecule has 0 spiro atoms. The van der Waals surface area contributed by atoms with Crippen LogP contribution in [0, 0.1) is 0 Å². The molecule has 0 saturated heterocycles. The lowest BCUT2D eigenvalue weighted by atomic mass is 10.1. The topological polar surface area (TPSA) is 59.1 Å². The van der Waals surface area contributed by atoms with Crippen molar-refractivity contribution < 1.29 is 8.42 Å². The van der Waals surface area contributed by atoms with E-state index in [0.717, 1.165) is 25.7 Å². The van der Waals surface area contributed by atoms with Gasteiger partial charge in [0.1, 0.15) is 4.90 Å². The van der Waals surface area contributed by atoms with Crippen molar-refractivity contribution in [3.05, 3.63) is 22.9 Å². The summed E-state index contributed by atoms with van der Waals surface area (Å²) in [6.45, 7) is 0. The van der Waals surface area contributed by atoms with Gasteiger partial charge in [-0.25, -0.2) is 13.1 Å². The summed E-state index contributed by atoms with van der Waals surface area (Å²) in [5.74, 6) is 0. The van der Waals surface area contributed by atoms with Crippen molar-refractivity contribution in [1.82, 2.24) is 9.71 Å². The molecule has 0 radical (unpaired) electrons. The SMILES string of the molecule is O=S(=O)(NC1CCCCCC1Br)c1cncc(Br)c1. The summed E-state index contributed by atoms with van der Waals surface area (Å²) >= 11 is 6.83. The summed E-state index contributed by atoms with van der Waals surface area (Å²) in [5.41, 5.74) is 0. The fraction of sp³-hybridized carbons (Fsp3) is 0.583. The van der Waals surface area contributed by atoms with Gasteiger partial charge in [0, 0.05) is 27.7 Å². The van der Waals surface area contributed by atoms with Crippen LogP contribution >= 0.6 is 31.9 Å². The van der Waals surface area contributed by atoms with Gasteiger partial charge >= 0.3 is 0 Å². The van der Waals surface area contributed by atoms with Crippen LogP contribution in [0.5, 0.6) is 0 Å². The molecule has 7 heteroatoms. The van der Waals surface area contributed by atoms with Gasteiger partial charge in [-0.15, -0.1) is 0 Å². The molecule has 4 nitrogen and oxygen atoms in total. The molecule has 1 saturated carbocycles. The summed E-state index contributed by atoms with van der Waals surface area (Å²) in [6, 6.07) is 1.52. The minimum Gasteiger partial charge on any atom is -0.262 e. The predicted molar refractivity (Wildman–Crippen MR) is 81.8 cm³/mol. The molecule has 2 unspecified atom stereocenters. The quantitative estimate of drug-likeness (QED) is 0.613. The van der Waals surface area contributed by atoms with E-state index < -0.39 is 10.0 Å². The van der Waals surface area contributed by atoms with Crippen molar-refractivity contribution in [3.63, 3.8) is 0 Å². The van der Waals surface area contributed by atoms with Gasteiger partial charge in [-0.05, 0) is 34.8 Å². The second kappa shape index (κ2) is 6.65. The number of pyridine rings is 1. The fourth-order valence-corrected chi connectivity index (χ4v) is 4.91. The molecular weight excluding hydrogens is 396 g/mol. The van der Waals surface area contributed by atoms with E-state index in [9.17, 15) is 8.42 Å². The van der Waals surface area contributed by atoms with Crippen LogP contribution in [-0.2, 0) is 10.0 Å². The van der Waals surface area contributed by atoms with E-state index in [2.05, 4.69) is 41.6 Å². The van der Waals surface area contributed by atoms with Gasteiger partial charge in [-0.2, -0.15) is 0 Å². The number of nitrogens with one attached hydrogen (secondary N) is 1. The number of hydrogen-bond donors (Lipinski definition) is 1. The van der Waals surface area contributed by atoms with Crippen molar-refractivity contribution in [1.29, 1.82) is 0 Å². The van der Waals surface area contributed by atoms with E-state index in [-0.39, 0.29) is 15.8 Å². The van der Waals surface area contributed by atoms with Crippen molar-refractivity contribution in [2.75, 3.05) is 0 Å². The van der Waals surface area contributed by atoms with E-state index in [0.29, 0.717) is 4.47 Å². The van der Waals surface area contributed by atoms with Gasteiger partial charge in [0.05, 0.1) is 0 Å². The summed E-state index contributed by atoms with van der Waals surface area (Å²) in [7, 11) is -3.50. The molecule has 0 bridgehead atoms. The number of nitrogens with zero attached hydrogens (tertiary/aromatic N) is 1. The molecular formula is C12H16Br2N2O2S. The first-order chi connectivity index (χ1) is 8.99. The highest BCUT2D eigenvalue weighted by molar-refractivity contribution is 9.10. The molecule has 1 aliphatic rings. The number of halogens is 2. The van der Waals surface area contributed by atoms with E-state index in [1.54, 1.807) is 12.3 Å². The number of rotatable bonds is 3. The highest BCUT2D eigenvalue weighted by atomic mass is 79.9. The summed E-state index contributed by atoms with van der Waals surface area (Å²) in [6.07, 6.45) is 8.18. The molecule has 0 aromatic carbocycles. The standard InChI is InChI=1S/C12H16Br2N2O2S/c13-9-6-10(8-15-7-9)19(17,18)16-12-5-3-1-2-4-11(12)14/h6-8,11-12,16H,1-5H2. The number of hydrogen-bond acceptors (Lipinski definition) is 3. The molecule has 1 aromatic heterocycles. The van der Waals surface area contributed by atoms with Crippen LogP contribution in [0.25, 0.3) is 0 Å². The largest absolute Gasteiger partial charge is 0.262 e. The molecule has 1 fully saturated rings. The lowest BCUT2D eigenvalue weighted by molar-refractivity contribution is 0.520. The average Bonchev–Trinajstić information content (AvgIpc) is 2.55. The van der Waals surface area contributed by atoms with Gasteiger partial charge in [-0.3, -0.25) is 4.98 Å². The van der Waals surface area contributed by atoms with Gasteiger partial charge in [-0.1, -0.05) is 35.2 Å². The zero-order valence-electron chi connectivity index (χ0n) is 10.4. The van der Waals surface area contributed by atoms with Crippen LogP contribution < -0.4 is 4.72 Å². The average molecular weight is 412 g/mol. The van der Waals surface area contributed by atoms with E-state index in [1.807, 2.05) is 0 Å². The van der Waals surface area contributed by atoms with Gasteiger partial charge in [0.15, 0.2) is 0 Å². The van der Waals surface area contributed by atoms with Gasteiger partial charge in [0.25, 0.3) is 0 Å². The smallest absolute Gasteiger partial charge is 0.242 e. The molecule has 1 N–H and O–H groups in total. The minimum atomic E-state index is -3.50. The lowest BCUT2D eigenvalue weighted by Gasteiger charge is -2.21. The Hall–Kier alpha value is 0.0200. The molecule has 2 rings (SSSR count). The maximum Gasteiger partial charge on any atom is 0.242 e. The Kier molecular flexibility index (Phi) is 5.39. The van der Waals surface area contributed by atoms with E-state index >= 15 is 0 Å². The minimum absolute atomic E-state index is 0.0496. The Bertz CT molecular complexity index is 536. The van der Waals surface area contributed by atoms with Crippen LogP contribution in [0.4, 0.5) is 0 Å². The first kappa shape index (κ1) is 15.4. The molecule has 1 aromatic rings. The number of alkyl halides is 1. The third-order valence-electron chi connectivity index (χ3n) is 3.23. The van der Waals surface area contributed by atoms with E-state index in [4.69, 9.17) is 0 Å². The maximum atomic E-state index is 12.3. The number of aromatic nitrogens is 1. The van der Waals surface area contributed by atoms with Crippen LogP contribution in [0.15, 0.2) is 27.8 Å². The Balaban J connectivity index is 2.16. The first-order valence-electron chi connectivity index (χ1n) is 6.26. The normalized spacial score (nSPS) is 24.9. The highest BCUT2D eigenvalue weighted by Gasteiger charge is 2.27. The summed E-state index contributed by atoms with van der Waals surface area (Å²) in [5, 5.41) is 0. The van der Waals surface area contributed by atoms with Crippen molar-refractivity contribution in [2.24, 2.45) is 0 Å². The molecule has 0 aliphatic heterocycles. The summed E-state index contributed by atoms with van der Waals surface area (Å²) < 4.78 is 28.1. The van der Waals surface area contributed by atoms with Crippen LogP contribution in [-0.4, -0.2) is 24.3 Å². The Morgan fingerprint density at radius 2 is 1.95 bits per heavy atom. The van der Waals surface area contributed by atoms with Crippen molar-refractivity contribution in [2.45, 2.75) is 47.9 Å². The maximum absolute atomic E-state index is 12.3. The van der Waals surface area contributed by atoms with Gasteiger partial charge in [0.2, 0.25) is 10.0 Å². The molecule has 1 heterocycles. The molecule has 0 amide bonds. The second-order valence-electron chi connectivity index (χ2n) is 4.72.